The second kappa shape index (κ2) is 8.70. The molecular formula is C16H26N2O. The van der Waals surface area contributed by atoms with Crippen LogP contribution in [0.25, 0.3) is 5.65 Å². The van der Waals surface area contributed by atoms with Gasteiger partial charge in [0.1, 0.15) is 5.65 Å². The summed E-state index contributed by atoms with van der Waals surface area (Å²) in [6, 6.07) is 4.23. The summed E-state index contributed by atoms with van der Waals surface area (Å²) >= 11 is 0. The highest BCUT2D eigenvalue weighted by Gasteiger charge is 2.14. The highest BCUT2D eigenvalue weighted by molar-refractivity contribution is 5.40. The summed E-state index contributed by atoms with van der Waals surface area (Å²) in [5.41, 5.74) is 2.37. The molecule has 2 aromatic rings. The number of fused-ring (bicyclic) bond motifs is 1. The topological polar surface area (TPSA) is 26.5 Å². The largest absolute Gasteiger partial charge is 0.381 e. The molecule has 0 unspecified atom stereocenters. The number of methoxy groups -OCH3 is 1. The minimum absolute atomic E-state index is 0.616. The number of nitrogens with zero attached hydrogens (tertiary/aromatic N) is 2. The smallest absolute Gasteiger partial charge is 0.136 e. The maximum Gasteiger partial charge on any atom is 0.136 e. The van der Waals surface area contributed by atoms with E-state index in [0.29, 0.717) is 6.10 Å². The van der Waals surface area contributed by atoms with E-state index in [2.05, 4.69) is 24.0 Å². The van der Waals surface area contributed by atoms with Crippen LogP contribution in [0.3, 0.4) is 0 Å². The van der Waals surface area contributed by atoms with Crippen molar-refractivity contribution in [2.24, 2.45) is 0 Å². The average Bonchev–Trinajstić information content (AvgIpc) is 2.87. The van der Waals surface area contributed by atoms with Gasteiger partial charge in [0.05, 0.1) is 6.10 Å². The van der Waals surface area contributed by atoms with Crippen LogP contribution in [0.1, 0.15) is 45.6 Å². The van der Waals surface area contributed by atoms with E-state index in [4.69, 9.17) is 4.74 Å². The van der Waals surface area contributed by atoms with Crippen LogP contribution in [0.15, 0.2) is 30.7 Å². The van der Waals surface area contributed by atoms with Crippen molar-refractivity contribution in [2.75, 3.05) is 7.11 Å². The Morgan fingerprint density at radius 3 is 2.53 bits per heavy atom. The fourth-order valence-electron chi connectivity index (χ4n) is 1.78. The zero-order chi connectivity index (χ0) is 14.1. The Kier molecular flexibility index (Phi) is 7.19. The number of rotatable bonds is 2. The van der Waals surface area contributed by atoms with Crippen LogP contribution < -0.4 is 0 Å². The first-order valence-electron chi connectivity index (χ1n) is 7.28. The minimum Gasteiger partial charge on any atom is -0.381 e. The Hall–Kier alpha value is -1.35. The molecule has 0 radical (unpaired) electrons. The molecule has 2 aromatic heterocycles. The van der Waals surface area contributed by atoms with Crippen molar-refractivity contribution < 1.29 is 4.74 Å². The van der Waals surface area contributed by atoms with Crippen LogP contribution in [0.5, 0.6) is 0 Å². The van der Waals surface area contributed by atoms with Gasteiger partial charge in [0.15, 0.2) is 0 Å². The van der Waals surface area contributed by atoms with Crippen molar-refractivity contribution in [1.82, 2.24) is 9.38 Å². The standard InChI is InChI=1S/C9H10N2.C5H10O.C2H6/c1-2-8-3-5-11-6-4-10-9(11)7-8;1-6-5-3-2-4-5;1-2/h3-7H,2H2,1H3;5H,2-4H2,1H3;1-2H3. The molecule has 3 rings (SSSR count). The summed E-state index contributed by atoms with van der Waals surface area (Å²) in [6.45, 7) is 6.15. The van der Waals surface area contributed by atoms with Gasteiger partial charge in [0, 0.05) is 25.7 Å². The number of ether oxygens (including phenoxy) is 1. The normalized spacial score (nSPS) is 13.9. The second-order valence-electron chi connectivity index (χ2n) is 4.37. The zero-order valence-corrected chi connectivity index (χ0v) is 12.6. The second-order valence-corrected chi connectivity index (χ2v) is 4.37. The minimum atomic E-state index is 0.616. The molecule has 1 aliphatic carbocycles. The van der Waals surface area contributed by atoms with Crippen molar-refractivity contribution in [3.8, 4) is 0 Å². The van der Waals surface area contributed by atoms with Gasteiger partial charge in [-0.2, -0.15) is 0 Å². The third-order valence-electron chi connectivity index (χ3n) is 3.26. The Morgan fingerprint density at radius 2 is 2.05 bits per heavy atom. The predicted octanol–water partition coefficient (Wildman–Crippen LogP) is 4.11. The zero-order valence-electron chi connectivity index (χ0n) is 12.6. The quantitative estimate of drug-likeness (QED) is 0.814. The lowest BCUT2D eigenvalue weighted by Gasteiger charge is -2.22. The third-order valence-corrected chi connectivity index (χ3v) is 3.26. The van der Waals surface area contributed by atoms with Crippen molar-refractivity contribution in [3.63, 3.8) is 0 Å². The Bertz CT molecular complexity index is 458. The first-order valence-corrected chi connectivity index (χ1v) is 7.28. The molecule has 0 amide bonds. The van der Waals surface area contributed by atoms with Gasteiger partial charge in [-0.3, -0.25) is 0 Å². The molecule has 0 spiro atoms. The molecule has 0 saturated heterocycles. The number of aromatic nitrogens is 2. The molecule has 0 atom stereocenters. The molecule has 0 bridgehead atoms. The summed E-state index contributed by atoms with van der Waals surface area (Å²) in [5.74, 6) is 0. The first-order chi connectivity index (χ1) is 9.33. The molecule has 1 aliphatic rings. The Morgan fingerprint density at radius 1 is 1.32 bits per heavy atom. The summed E-state index contributed by atoms with van der Waals surface area (Å²) in [4.78, 5) is 4.19. The summed E-state index contributed by atoms with van der Waals surface area (Å²) in [6.07, 6.45) is 11.4. The van der Waals surface area contributed by atoms with Crippen LogP contribution in [0.2, 0.25) is 0 Å². The fraction of sp³-hybridized carbons (Fsp3) is 0.562. The van der Waals surface area contributed by atoms with Gasteiger partial charge in [-0.05, 0) is 43.4 Å². The number of aryl methyl sites for hydroxylation is 1. The van der Waals surface area contributed by atoms with Crippen LogP contribution in [0.4, 0.5) is 0 Å². The van der Waals surface area contributed by atoms with Gasteiger partial charge in [0.25, 0.3) is 0 Å². The molecule has 3 nitrogen and oxygen atoms in total. The van der Waals surface area contributed by atoms with E-state index in [1.165, 1.54) is 24.8 Å². The number of pyridine rings is 1. The van der Waals surface area contributed by atoms with Gasteiger partial charge in [-0.25, -0.2) is 4.98 Å². The summed E-state index contributed by atoms with van der Waals surface area (Å²) in [7, 11) is 1.78. The summed E-state index contributed by atoms with van der Waals surface area (Å²) in [5, 5.41) is 0. The predicted molar refractivity (Wildman–Crippen MR) is 80.6 cm³/mol. The maximum absolute atomic E-state index is 4.99. The molecule has 0 N–H and O–H groups in total. The molecule has 1 fully saturated rings. The number of imidazole rings is 1. The van der Waals surface area contributed by atoms with E-state index >= 15 is 0 Å². The first kappa shape index (κ1) is 15.7. The van der Waals surface area contributed by atoms with Gasteiger partial charge < -0.3 is 9.14 Å². The highest BCUT2D eigenvalue weighted by atomic mass is 16.5. The van der Waals surface area contributed by atoms with Crippen molar-refractivity contribution in [2.45, 2.75) is 52.6 Å². The van der Waals surface area contributed by atoms with E-state index in [1.54, 1.807) is 7.11 Å². The van der Waals surface area contributed by atoms with Crippen molar-refractivity contribution in [1.29, 1.82) is 0 Å². The van der Waals surface area contributed by atoms with E-state index in [-0.39, 0.29) is 0 Å². The lowest BCUT2D eigenvalue weighted by molar-refractivity contribution is 0.0412. The molecule has 3 heteroatoms. The Labute approximate surface area is 116 Å². The molecule has 0 aromatic carbocycles. The molecule has 2 heterocycles. The van der Waals surface area contributed by atoms with E-state index in [1.807, 2.05) is 36.8 Å². The van der Waals surface area contributed by atoms with Crippen LogP contribution in [-0.2, 0) is 11.2 Å². The van der Waals surface area contributed by atoms with Crippen LogP contribution in [-0.4, -0.2) is 22.6 Å². The highest BCUT2D eigenvalue weighted by Crippen LogP contribution is 2.20. The van der Waals surface area contributed by atoms with Gasteiger partial charge in [-0.1, -0.05) is 20.8 Å². The SMILES string of the molecule is CC.CCc1ccn2ccnc2c1.COC1CCC1. The Balaban J connectivity index is 0.000000192. The third kappa shape index (κ3) is 4.67. The van der Waals surface area contributed by atoms with Gasteiger partial charge >= 0.3 is 0 Å². The summed E-state index contributed by atoms with van der Waals surface area (Å²) < 4.78 is 7.00. The van der Waals surface area contributed by atoms with E-state index < -0.39 is 0 Å². The molecule has 106 valence electrons. The van der Waals surface area contributed by atoms with Crippen LogP contribution in [0, 0.1) is 0 Å². The molecule has 19 heavy (non-hydrogen) atoms. The average molecular weight is 262 g/mol. The van der Waals surface area contributed by atoms with Crippen LogP contribution >= 0.6 is 0 Å². The van der Waals surface area contributed by atoms with Crippen molar-refractivity contribution >= 4 is 5.65 Å². The van der Waals surface area contributed by atoms with Crippen molar-refractivity contribution in [3.05, 3.63) is 36.3 Å². The number of hydrogen-bond acceptors (Lipinski definition) is 2. The van der Waals surface area contributed by atoms with Gasteiger partial charge in [-0.15, -0.1) is 0 Å². The molecular weight excluding hydrogens is 236 g/mol. The maximum atomic E-state index is 4.99. The monoisotopic (exact) mass is 262 g/mol. The van der Waals surface area contributed by atoms with E-state index in [0.717, 1.165) is 12.1 Å². The molecule has 0 aliphatic heterocycles. The van der Waals surface area contributed by atoms with Gasteiger partial charge in [0.2, 0.25) is 0 Å². The lowest BCUT2D eigenvalue weighted by atomic mass is 9.96. The van der Waals surface area contributed by atoms with E-state index in [9.17, 15) is 0 Å². The number of hydrogen-bond donors (Lipinski definition) is 0. The molecule has 1 saturated carbocycles. The fourth-order valence-corrected chi connectivity index (χ4v) is 1.78. The lowest BCUT2D eigenvalue weighted by Crippen LogP contribution is -2.18.